The highest BCUT2D eigenvalue weighted by Crippen LogP contribution is 2.29. The average Bonchev–Trinajstić information content (AvgIpc) is 3.31. The quantitative estimate of drug-likeness (QED) is 0.198. The Kier molecular flexibility index (Phi) is 8.60. The van der Waals surface area contributed by atoms with Crippen molar-refractivity contribution in [3.05, 3.63) is 96.0 Å². The Labute approximate surface area is 223 Å². The van der Waals surface area contributed by atoms with Crippen molar-refractivity contribution in [1.29, 1.82) is 0 Å². The van der Waals surface area contributed by atoms with Crippen molar-refractivity contribution in [2.45, 2.75) is 11.7 Å². The number of thioether (sulfide) groups is 1. The summed E-state index contributed by atoms with van der Waals surface area (Å²) in [6.07, 6.45) is 1.74. The van der Waals surface area contributed by atoms with Crippen molar-refractivity contribution in [1.82, 2.24) is 14.8 Å². The van der Waals surface area contributed by atoms with Crippen LogP contribution < -0.4 is 15.4 Å². The molecule has 0 saturated carbocycles. The van der Waals surface area contributed by atoms with E-state index in [0.29, 0.717) is 45.2 Å². The Morgan fingerprint density at radius 3 is 2.51 bits per heavy atom. The highest BCUT2D eigenvalue weighted by Gasteiger charge is 2.16. The summed E-state index contributed by atoms with van der Waals surface area (Å²) < 4.78 is 7.16. The van der Waals surface area contributed by atoms with E-state index in [1.165, 1.54) is 18.9 Å². The second-order valence-electron chi connectivity index (χ2n) is 7.78. The van der Waals surface area contributed by atoms with Crippen LogP contribution in [0.3, 0.4) is 0 Å². The molecule has 4 rings (SSSR count). The lowest BCUT2D eigenvalue weighted by Gasteiger charge is -2.11. The number of carbonyl (C=O) groups is 2. The normalized spacial score (nSPS) is 10.5. The van der Waals surface area contributed by atoms with Crippen LogP contribution in [0.15, 0.2) is 90.6 Å². The number of benzene rings is 3. The Hall–Kier alpha value is -4.08. The molecule has 0 spiro atoms. The van der Waals surface area contributed by atoms with Gasteiger partial charge >= 0.3 is 0 Å². The van der Waals surface area contributed by atoms with Crippen LogP contribution in [0.5, 0.6) is 5.75 Å². The van der Waals surface area contributed by atoms with E-state index >= 15 is 0 Å². The number of nitrogens with zero attached hydrogens (tertiary/aromatic N) is 3. The largest absolute Gasteiger partial charge is 0.495 e. The SMILES string of the molecule is C=CCn1c(SCC(=O)Nc2cc(Cl)ccc2OC)nnc1-c1ccc(NC(=O)c2ccccc2)cc1. The first-order valence-electron chi connectivity index (χ1n) is 11.3. The lowest BCUT2D eigenvalue weighted by molar-refractivity contribution is -0.113. The second-order valence-corrected chi connectivity index (χ2v) is 9.16. The molecular formula is C27H24ClN5O3S. The minimum atomic E-state index is -0.237. The standard InChI is InChI=1S/C27H24ClN5O3S/c1-3-15-33-25(18-9-12-21(13-10-18)29-26(35)19-7-5-4-6-8-19)31-32-27(33)37-17-24(34)30-22-16-20(28)11-14-23(22)36-2/h3-14,16H,1,15,17H2,2H3,(H,29,35)(H,30,34). The smallest absolute Gasteiger partial charge is 0.255 e. The summed E-state index contributed by atoms with van der Waals surface area (Å²) in [7, 11) is 1.52. The number of ether oxygens (including phenoxy) is 1. The highest BCUT2D eigenvalue weighted by molar-refractivity contribution is 7.99. The minimum absolute atomic E-state index is 0.107. The fourth-order valence-corrected chi connectivity index (χ4v) is 4.41. The lowest BCUT2D eigenvalue weighted by atomic mass is 10.1. The van der Waals surface area contributed by atoms with Gasteiger partial charge < -0.3 is 15.4 Å². The van der Waals surface area contributed by atoms with E-state index in [-0.39, 0.29) is 17.6 Å². The Morgan fingerprint density at radius 1 is 1.05 bits per heavy atom. The van der Waals surface area contributed by atoms with Crippen molar-refractivity contribution in [2.75, 3.05) is 23.5 Å². The number of hydrogen-bond acceptors (Lipinski definition) is 6. The van der Waals surface area contributed by atoms with Gasteiger partial charge in [0, 0.05) is 28.4 Å². The molecule has 2 N–H and O–H groups in total. The number of halogens is 1. The van der Waals surface area contributed by atoms with Gasteiger partial charge in [0.05, 0.1) is 18.6 Å². The van der Waals surface area contributed by atoms with Crippen molar-refractivity contribution in [2.24, 2.45) is 0 Å². The molecule has 10 heteroatoms. The van der Waals surface area contributed by atoms with E-state index in [1.807, 2.05) is 47.0 Å². The van der Waals surface area contributed by atoms with E-state index in [1.54, 1.807) is 36.4 Å². The molecule has 0 aliphatic rings. The van der Waals surface area contributed by atoms with E-state index < -0.39 is 0 Å². The zero-order chi connectivity index (χ0) is 26.2. The molecule has 4 aromatic rings. The van der Waals surface area contributed by atoms with Gasteiger partial charge in [0.25, 0.3) is 5.91 Å². The van der Waals surface area contributed by atoms with Crippen LogP contribution in [0.2, 0.25) is 5.02 Å². The van der Waals surface area contributed by atoms with Gasteiger partial charge in [0.2, 0.25) is 5.91 Å². The number of methoxy groups -OCH3 is 1. The number of anilines is 2. The molecule has 2 amide bonds. The number of rotatable bonds is 10. The number of amides is 2. The molecule has 0 saturated heterocycles. The van der Waals surface area contributed by atoms with Gasteiger partial charge in [-0.05, 0) is 54.6 Å². The molecule has 0 aliphatic heterocycles. The first-order valence-corrected chi connectivity index (χ1v) is 12.6. The van der Waals surface area contributed by atoms with Gasteiger partial charge in [-0.25, -0.2) is 0 Å². The molecule has 1 heterocycles. The van der Waals surface area contributed by atoms with Gasteiger partial charge in [-0.15, -0.1) is 16.8 Å². The molecule has 0 radical (unpaired) electrons. The molecule has 0 unspecified atom stereocenters. The van der Waals surface area contributed by atoms with Gasteiger partial charge in [-0.3, -0.25) is 14.2 Å². The van der Waals surface area contributed by atoms with Gasteiger partial charge in [-0.2, -0.15) is 0 Å². The first kappa shape index (κ1) is 26.0. The van der Waals surface area contributed by atoms with Crippen LogP contribution in [0.25, 0.3) is 11.4 Å². The summed E-state index contributed by atoms with van der Waals surface area (Å²) in [6, 6.07) is 21.4. The van der Waals surface area contributed by atoms with Gasteiger partial charge in [0.15, 0.2) is 11.0 Å². The van der Waals surface area contributed by atoms with E-state index in [4.69, 9.17) is 16.3 Å². The van der Waals surface area contributed by atoms with Crippen molar-refractivity contribution in [3.8, 4) is 17.1 Å². The third-order valence-electron chi connectivity index (χ3n) is 5.23. The summed E-state index contributed by atoms with van der Waals surface area (Å²) in [5.41, 5.74) is 2.55. The molecule has 0 aliphatic carbocycles. The molecule has 0 bridgehead atoms. The summed E-state index contributed by atoms with van der Waals surface area (Å²) in [5.74, 6) is 0.827. The topological polar surface area (TPSA) is 98.1 Å². The van der Waals surface area contributed by atoms with E-state index in [0.717, 1.165) is 5.56 Å². The van der Waals surface area contributed by atoms with Gasteiger partial charge in [0.1, 0.15) is 5.75 Å². The number of allylic oxidation sites excluding steroid dienone is 1. The monoisotopic (exact) mass is 533 g/mol. The number of nitrogens with one attached hydrogen (secondary N) is 2. The van der Waals surface area contributed by atoms with Crippen LogP contribution in [-0.2, 0) is 11.3 Å². The fraction of sp³-hybridized carbons (Fsp3) is 0.111. The molecule has 0 fully saturated rings. The van der Waals surface area contributed by atoms with Crippen LogP contribution >= 0.6 is 23.4 Å². The third-order valence-corrected chi connectivity index (χ3v) is 6.44. The van der Waals surface area contributed by atoms with E-state index in [9.17, 15) is 9.59 Å². The Morgan fingerprint density at radius 2 is 1.81 bits per heavy atom. The first-order chi connectivity index (χ1) is 18.0. The van der Waals surface area contributed by atoms with Crippen molar-refractivity contribution in [3.63, 3.8) is 0 Å². The summed E-state index contributed by atoms with van der Waals surface area (Å²) in [6.45, 7) is 4.29. The summed E-state index contributed by atoms with van der Waals surface area (Å²) in [5, 5.41) is 15.4. The Bertz CT molecular complexity index is 1410. The van der Waals surface area contributed by atoms with Crippen molar-refractivity contribution >= 4 is 46.6 Å². The Balaban J connectivity index is 1.44. The number of carbonyl (C=O) groups excluding carboxylic acids is 2. The fourth-order valence-electron chi connectivity index (χ4n) is 3.49. The van der Waals surface area contributed by atoms with Gasteiger partial charge in [-0.1, -0.05) is 47.6 Å². The predicted octanol–water partition coefficient (Wildman–Crippen LogP) is 5.78. The predicted molar refractivity (Wildman–Crippen MR) is 147 cm³/mol. The average molecular weight is 534 g/mol. The number of aromatic nitrogens is 3. The summed E-state index contributed by atoms with van der Waals surface area (Å²) in [4.78, 5) is 25.0. The zero-order valence-corrected chi connectivity index (χ0v) is 21.6. The molecule has 3 aromatic carbocycles. The third kappa shape index (κ3) is 6.58. The maximum absolute atomic E-state index is 12.6. The van der Waals surface area contributed by atoms with E-state index in [2.05, 4.69) is 27.4 Å². The molecule has 8 nitrogen and oxygen atoms in total. The minimum Gasteiger partial charge on any atom is -0.495 e. The molecule has 1 aromatic heterocycles. The molecule has 0 atom stereocenters. The molecular weight excluding hydrogens is 510 g/mol. The van der Waals surface area contributed by atoms with Crippen LogP contribution in [0, 0.1) is 0 Å². The van der Waals surface area contributed by atoms with Crippen LogP contribution in [0.1, 0.15) is 10.4 Å². The zero-order valence-electron chi connectivity index (χ0n) is 20.0. The second kappa shape index (κ2) is 12.2. The number of hydrogen-bond donors (Lipinski definition) is 2. The maximum Gasteiger partial charge on any atom is 0.255 e. The lowest BCUT2D eigenvalue weighted by Crippen LogP contribution is -2.15. The van der Waals surface area contributed by atoms with Crippen LogP contribution in [-0.4, -0.2) is 39.4 Å². The summed E-state index contributed by atoms with van der Waals surface area (Å²) >= 11 is 7.30. The molecule has 37 heavy (non-hydrogen) atoms. The maximum atomic E-state index is 12.6. The molecule has 188 valence electrons. The highest BCUT2D eigenvalue weighted by atomic mass is 35.5. The van der Waals surface area contributed by atoms with Crippen molar-refractivity contribution < 1.29 is 14.3 Å². The van der Waals surface area contributed by atoms with Crippen LogP contribution in [0.4, 0.5) is 11.4 Å².